The highest BCUT2D eigenvalue weighted by Crippen LogP contribution is 2.43. The van der Waals surface area contributed by atoms with Gasteiger partial charge in [-0.1, -0.05) is 171 Å². The van der Waals surface area contributed by atoms with Gasteiger partial charge in [-0.25, -0.2) is 20.0 Å². The van der Waals surface area contributed by atoms with Gasteiger partial charge < -0.3 is 20.4 Å². The molecule has 0 amide bonds. The monoisotopic (exact) mass is 1220 g/mol. The van der Waals surface area contributed by atoms with Crippen LogP contribution in [-0.4, -0.2) is 37.8 Å². The Morgan fingerprint density at radius 1 is 0.402 bits per heavy atom. The van der Waals surface area contributed by atoms with E-state index in [0.717, 1.165) is 102 Å². The van der Waals surface area contributed by atoms with Gasteiger partial charge in [0.1, 0.15) is 23.8 Å². The van der Waals surface area contributed by atoms with Crippen LogP contribution in [0.5, 0.6) is 0 Å². The topological polar surface area (TPSA) is 129 Å². The highest BCUT2D eigenvalue weighted by Gasteiger charge is 2.25. The van der Waals surface area contributed by atoms with Crippen LogP contribution in [0.4, 0.5) is 57.1 Å². The summed E-state index contributed by atoms with van der Waals surface area (Å²) in [6.45, 7) is 18.3. The lowest BCUT2D eigenvalue weighted by Gasteiger charge is -2.28. The van der Waals surface area contributed by atoms with Crippen LogP contribution in [0.3, 0.4) is 0 Å². The second-order valence-corrected chi connectivity index (χ2v) is 35.9. The molecule has 92 heavy (non-hydrogen) atoms. The Labute approximate surface area is 539 Å². The fourth-order valence-corrected chi connectivity index (χ4v) is 15.0. The number of allylic oxidation sites excluding steroid dienone is 2. The molecule has 12 aromatic rings. The first kappa shape index (κ1) is 58.4. The molecular weight excluding hydrogens is 1160 g/mol. The van der Waals surface area contributed by atoms with Crippen LogP contribution in [0.1, 0.15) is 33.4 Å². The summed E-state index contributed by atoms with van der Waals surface area (Å²) in [5, 5.41) is 36.5. The molecule has 2 aliphatic rings. The van der Waals surface area contributed by atoms with Gasteiger partial charge in [0, 0.05) is 90.9 Å². The average Bonchev–Trinajstić information content (AvgIpc) is 1.69. The van der Waals surface area contributed by atoms with E-state index in [-0.39, 0.29) is 0 Å². The number of amidine groups is 2. The molecule has 10 nitrogen and oxygen atoms in total. The lowest BCUT2D eigenvalue weighted by molar-refractivity contribution is 1.24. The van der Waals surface area contributed by atoms with Crippen molar-refractivity contribution in [3.05, 3.63) is 276 Å². The first-order valence-electron chi connectivity index (χ1n) is 31.0. The van der Waals surface area contributed by atoms with E-state index >= 15 is 0 Å². The Kier molecular flexibility index (Phi) is 15.0. The first-order valence-corrected chi connectivity index (χ1v) is 38.0. The number of rotatable bonds is 14. The van der Waals surface area contributed by atoms with E-state index in [1.807, 2.05) is 48.8 Å². The number of benzene rings is 10. The van der Waals surface area contributed by atoms with Crippen molar-refractivity contribution < 1.29 is 0 Å². The molecule has 0 saturated carbocycles. The fraction of sp³-hybridized carbons (Fsp3) is 0.100. The van der Waals surface area contributed by atoms with Gasteiger partial charge in [0.05, 0.1) is 27.3 Å². The molecule has 0 unspecified atom stereocenters. The summed E-state index contributed by atoms with van der Waals surface area (Å²) in [6.07, 6.45) is 3.76. The van der Waals surface area contributed by atoms with Gasteiger partial charge >= 0.3 is 0 Å². The molecule has 12 heteroatoms. The third kappa shape index (κ3) is 11.1. The number of hydrogen-bond donors (Lipinski definition) is 2. The molecule has 14 rings (SSSR count). The quantitative estimate of drug-likeness (QED) is 0.0626. The molecule has 2 N–H and O–H groups in total. The zero-order valence-electron chi connectivity index (χ0n) is 52.7. The molecule has 0 radical (unpaired) electrons. The Morgan fingerprint density at radius 3 is 1.08 bits per heavy atom. The molecule has 10 aromatic carbocycles. The minimum atomic E-state index is -1.60. The number of hydrogen-bond acceptors (Lipinski definition) is 8. The van der Waals surface area contributed by atoms with Gasteiger partial charge in [0.25, 0.3) is 0 Å². The Morgan fingerprint density at radius 2 is 0.750 bits per heavy atom. The smallest absolute Gasteiger partial charge is 0.154 e. The van der Waals surface area contributed by atoms with Gasteiger partial charge in [-0.3, -0.25) is 0 Å². The zero-order chi connectivity index (χ0) is 63.4. The molecular formula is C80H66N10Si2. The van der Waals surface area contributed by atoms with Crippen molar-refractivity contribution in [3.8, 4) is 34.4 Å². The lowest BCUT2D eigenvalue weighted by Crippen LogP contribution is -2.37. The van der Waals surface area contributed by atoms with Crippen LogP contribution in [0, 0.1) is 36.5 Å². The zero-order valence-corrected chi connectivity index (χ0v) is 54.7. The van der Waals surface area contributed by atoms with E-state index in [4.69, 9.17) is 20.0 Å². The summed E-state index contributed by atoms with van der Waals surface area (Å²) < 4.78 is 0. The molecule has 0 bridgehead atoms. The molecule has 4 heterocycles. The summed E-state index contributed by atoms with van der Waals surface area (Å²) in [4.78, 5) is 24.0. The van der Waals surface area contributed by atoms with Crippen LogP contribution in [0.25, 0.3) is 54.9 Å². The summed E-state index contributed by atoms with van der Waals surface area (Å²) in [7, 11) is -3.20. The summed E-state index contributed by atoms with van der Waals surface area (Å²) in [6, 6.07) is 85.2. The SMILES string of the molecule is Cc1cc(/C(C#N)=C(\C#N)c2ccc(N(c3ccc(-c4ccc(/N=C5\Nc6cccc7cccc5c67)nc4)cc3)c3ccc([Si](C)(C)C)cc3)c(C)c2)ccc1N(c1ccc(-c2ccc(/N=C3\Nc4cccc5cccc3c45)nc2)cc1)c1ccc([Si](C)(C)C)cc1. The Hall–Kier alpha value is -11.3. The number of pyridine rings is 2. The Balaban J connectivity index is 0.746. The van der Waals surface area contributed by atoms with Crippen molar-refractivity contribution in [1.82, 2.24) is 9.97 Å². The number of nitrogens with zero attached hydrogens (tertiary/aromatic N) is 8. The molecule has 2 aliphatic heterocycles. The van der Waals surface area contributed by atoms with E-state index in [2.05, 4.69) is 280 Å². The maximum Gasteiger partial charge on any atom is 0.154 e. The normalized spacial score (nSPS) is 13.6. The number of aryl methyl sites for hydroxylation is 2. The highest BCUT2D eigenvalue weighted by atomic mass is 28.3. The van der Waals surface area contributed by atoms with Crippen molar-refractivity contribution in [3.63, 3.8) is 0 Å². The summed E-state index contributed by atoms with van der Waals surface area (Å²) in [5.74, 6) is 2.84. The van der Waals surface area contributed by atoms with Crippen LogP contribution >= 0.6 is 0 Å². The largest absolute Gasteiger partial charge is 0.339 e. The van der Waals surface area contributed by atoms with Crippen molar-refractivity contribution in [2.75, 3.05) is 20.4 Å². The van der Waals surface area contributed by atoms with Gasteiger partial charge in [-0.15, -0.1) is 0 Å². The van der Waals surface area contributed by atoms with E-state index in [1.165, 1.54) is 31.9 Å². The predicted molar refractivity (Wildman–Crippen MR) is 390 cm³/mol. The third-order valence-electron chi connectivity index (χ3n) is 17.6. The summed E-state index contributed by atoms with van der Waals surface area (Å²) >= 11 is 0. The molecule has 2 aromatic heterocycles. The van der Waals surface area contributed by atoms with Crippen LogP contribution in [0.15, 0.2) is 253 Å². The van der Waals surface area contributed by atoms with Crippen molar-refractivity contribution in [2.45, 2.75) is 53.1 Å². The Bertz CT molecular complexity index is 4730. The van der Waals surface area contributed by atoms with Gasteiger partial charge in [-0.05, 0) is 167 Å². The van der Waals surface area contributed by atoms with Crippen molar-refractivity contribution in [1.29, 1.82) is 10.5 Å². The number of anilines is 8. The van der Waals surface area contributed by atoms with Crippen molar-refractivity contribution >= 4 is 128 Å². The fourth-order valence-electron chi connectivity index (χ4n) is 12.7. The number of aromatic nitrogens is 2. The van der Waals surface area contributed by atoms with Gasteiger partial charge in [0.2, 0.25) is 0 Å². The van der Waals surface area contributed by atoms with Gasteiger partial charge in [-0.2, -0.15) is 10.5 Å². The minimum absolute atomic E-state index is 0.306. The number of nitriles is 2. The lowest BCUT2D eigenvalue weighted by atomic mass is 9.93. The molecule has 0 spiro atoms. The number of nitrogens with one attached hydrogen (secondary N) is 2. The number of aliphatic imine (C=N–C) groups is 2. The van der Waals surface area contributed by atoms with E-state index in [9.17, 15) is 10.5 Å². The summed E-state index contributed by atoms with van der Waals surface area (Å²) in [5.41, 5.74) is 18.0. The third-order valence-corrected chi connectivity index (χ3v) is 21.7. The van der Waals surface area contributed by atoms with Crippen LogP contribution in [0.2, 0.25) is 39.3 Å². The van der Waals surface area contributed by atoms with Crippen LogP contribution < -0.4 is 30.8 Å². The maximum absolute atomic E-state index is 11.0. The minimum Gasteiger partial charge on any atom is -0.339 e. The average molecular weight is 1220 g/mol. The van der Waals surface area contributed by atoms with Crippen molar-refractivity contribution in [2.24, 2.45) is 9.98 Å². The second kappa shape index (κ2) is 23.6. The highest BCUT2D eigenvalue weighted by molar-refractivity contribution is 6.89. The maximum atomic E-state index is 11.0. The first-order chi connectivity index (χ1) is 44.6. The molecule has 0 atom stereocenters. The molecule has 444 valence electrons. The van der Waals surface area contributed by atoms with E-state index in [0.29, 0.717) is 33.9 Å². The predicted octanol–water partition coefficient (Wildman–Crippen LogP) is 19.7. The molecule has 0 saturated heterocycles. The molecule has 0 aliphatic carbocycles. The van der Waals surface area contributed by atoms with Gasteiger partial charge in [0.15, 0.2) is 11.6 Å². The van der Waals surface area contributed by atoms with E-state index < -0.39 is 16.1 Å². The van der Waals surface area contributed by atoms with E-state index in [1.54, 1.807) is 0 Å². The second-order valence-electron chi connectivity index (χ2n) is 25.7. The standard InChI is InChI=1S/C80H66N10Si2/c1-51-45-57(25-41-73(51)89(63-33-37-65(38-34-63)91(3,4)5)61-29-21-53(22-30-61)59-27-43-75(83-49-59)87-79-67-17-9-13-55-15-11-19-71(85-79)77(55)67)69(47-81)70(48-82)58-26-42-74(52(2)46-58)90(64-35-39-66(40-36-64)92(6,7)8)62-31-23-54(24-32-62)60-28-44-76(84-50-60)88-80-68-18-10-14-56-16-12-20-72(86-80)78(56)68/h9-46,49-50H,1-8H3,(H,83,85,87)(H,84,86,88)/b70-69+. The molecule has 0 fully saturated rings. The van der Waals surface area contributed by atoms with Crippen LogP contribution in [-0.2, 0) is 0 Å².